The molecule has 0 aliphatic carbocycles. The second-order valence-corrected chi connectivity index (χ2v) is 9.62. The topological polar surface area (TPSA) is 104 Å². The van der Waals surface area contributed by atoms with Gasteiger partial charge in [0.1, 0.15) is 0 Å². The number of imide groups is 1. The monoisotopic (exact) mass is 558 g/mol. The van der Waals surface area contributed by atoms with Crippen molar-refractivity contribution < 1.29 is 9.59 Å². The Labute approximate surface area is 242 Å². The molecule has 8 rings (SSSR count). The van der Waals surface area contributed by atoms with Crippen LogP contribution in [0.4, 0.5) is 0 Å². The van der Waals surface area contributed by atoms with Gasteiger partial charge >= 0.3 is 0 Å². The number of hydrogen-bond acceptors (Lipinski definition) is 6. The maximum Gasteiger partial charge on any atom is 0.261 e. The molecule has 0 atom stereocenters. The third-order valence-corrected chi connectivity index (χ3v) is 6.87. The third kappa shape index (κ3) is 5.78. The van der Waals surface area contributed by atoms with E-state index in [-0.39, 0.29) is 11.8 Å². The Morgan fingerprint density at radius 3 is 1.90 bits per heavy atom. The predicted molar refractivity (Wildman–Crippen MR) is 163 cm³/mol. The highest BCUT2D eigenvalue weighted by Crippen LogP contribution is 2.20. The van der Waals surface area contributed by atoms with Crippen LogP contribution in [0.25, 0.3) is 32.8 Å². The normalized spacial score (nSPS) is 11.9. The van der Waals surface area contributed by atoms with Crippen molar-refractivity contribution in [2.24, 2.45) is 21.1 Å². The Bertz CT molecular complexity index is 1800. The molecule has 1 aliphatic rings. The smallest absolute Gasteiger partial charge is 0.261 e. The van der Waals surface area contributed by atoms with Gasteiger partial charge in [0.05, 0.1) is 52.6 Å². The molecule has 0 saturated carbocycles. The van der Waals surface area contributed by atoms with Crippen LogP contribution < -0.4 is 0 Å². The van der Waals surface area contributed by atoms with Crippen molar-refractivity contribution in [1.82, 2.24) is 38.8 Å². The molecule has 10 heteroatoms. The molecule has 210 valence electrons. The highest BCUT2D eigenvalue weighted by Gasteiger charge is 2.31. The van der Waals surface area contributed by atoms with E-state index >= 15 is 0 Å². The molecular weight excluding hydrogens is 528 g/mol. The summed E-state index contributed by atoms with van der Waals surface area (Å²) < 4.78 is 5.88. The lowest BCUT2D eigenvalue weighted by atomic mass is 10.1. The molecule has 7 aromatic rings. The number of carbonyl (C=O) groups excluding carboxylic acids is 2. The van der Waals surface area contributed by atoms with Crippen molar-refractivity contribution in [3.8, 4) is 0 Å². The number of carbonyl (C=O) groups is 2. The molecule has 5 aromatic heterocycles. The van der Waals surface area contributed by atoms with Crippen LogP contribution in [0.3, 0.4) is 0 Å². The summed E-state index contributed by atoms with van der Waals surface area (Å²) in [5, 5.41) is 6.52. The Kier molecular flexibility index (Phi) is 8.14. The summed E-state index contributed by atoms with van der Waals surface area (Å²) in [6.07, 6.45) is 12.8. The summed E-state index contributed by atoms with van der Waals surface area (Å²) in [5.41, 5.74) is 5.44. The van der Waals surface area contributed by atoms with Crippen LogP contribution in [-0.2, 0) is 21.1 Å². The number of aromatic nitrogens is 7. The van der Waals surface area contributed by atoms with E-state index in [4.69, 9.17) is 0 Å². The van der Waals surface area contributed by atoms with E-state index in [1.807, 2.05) is 54.1 Å². The number of nitrogens with zero attached hydrogens (tertiary/aromatic N) is 8. The minimum absolute atomic E-state index is 0.212. The first-order chi connectivity index (χ1) is 20.3. The molecule has 0 unspecified atom stereocenters. The zero-order valence-electron chi connectivity index (χ0n) is 23.8. The summed E-state index contributed by atoms with van der Waals surface area (Å²) in [6, 6.07) is 21.2. The zero-order chi connectivity index (χ0) is 29.6. The summed E-state index contributed by atoms with van der Waals surface area (Å²) in [5.74, 6) is -0.425. The number of para-hydroxylation sites is 1. The van der Waals surface area contributed by atoms with Gasteiger partial charge in [-0.25, -0.2) is 4.98 Å². The number of hydrogen-bond donors (Lipinski definition) is 0. The highest BCUT2D eigenvalue weighted by molar-refractivity contribution is 6.21. The van der Waals surface area contributed by atoms with Gasteiger partial charge in [-0.05, 0) is 41.8 Å². The van der Waals surface area contributed by atoms with E-state index in [2.05, 4.69) is 68.2 Å². The Morgan fingerprint density at radius 1 is 0.595 bits per heavy atom. The number of benzene rings is 2. The van der Waals surface area contributed by atoms with Crippen molar-refractivity contribution in [1.29, 1.82) is 0 Å². The first kappa shape index (κ1) is 27.9. The lowest BCUT2D eigenvalue weighted by molar-refractivity contribution is 0.0693. The minimum atomic E-state index is -0.212. The Hall–Kier alpha value is -5.64. The largest absolute Gasteiger partial charge is 0.351 e. The second-order valence-electron chi connectivity index (χ2n) is 9.62. The maximum atomic E-state index is 11.3. The molecule has 2 aromatic carbocycles. The first-order valence-corrected chi connectivity index (χ1v) is 13.2. The lowest BCUT2D eigenvalue weighted by Crippen LogP contribution is -2.24. The molecule has 0 radical (unpaired) electrons. The van der Waals surface area contributed by atoms with E-state index in [1.165, 1.54) is 18.0 Å². The number of fused-ring (bicyclic) bond motifs is 4. The van der Waals surface area contributed by atoms with Crippen LogP contribution in [0.2, 0.25) is 0 Å². The Morgan fingerprint density at radius 2 is 1.24 bits per heavy atom. The molecule has 0 fully saturated rings. The fourth-order valence-electron chi connectivity index (χ4n) is 4.49. The molecule has 0 saturated heterocycles. The highest BCUT2D eigenvalue weighted by atomic mass is 16.2. The Balaban J connectivity index is 0.000000112. The quantitative estimate of drug-likeness (QED) is 0.242. The van der Waals surface area contributed by atoms with Crippen molar-refractivity contribution in [3.63, 3.8) is 0 Å². The number of imidazole rings is 1. The van der Waals surface area contributed by atoms with Crippen LogP contribution >= 0.6 is 0 Å². The van der Waals surface area contributed by atoms with Gasteiger partial charge in [-0.2, -0.15) is 5.10 Å². The van der Waals surface area contributed by atoms with Gasteiger partial charge in [0, 0.05) is 57.7 Å². The van der Waals surface area contributed by atoms with Crippen molar-refractivity contribution in [2.45, 2.75) is 0 Å². The molecule has 10 nitrogen and oxygen atoms in total. The van der Waals surface area contributed by atoms with Gasteiger partial charge in [0.2, 0.25) is 0 Å². The molecule has 1 aliphatic heterocycles. The van der Waals surface area contributed by atoms with Gasteiger partial charge < -0.3 is 9.13 Å². The molecule has 0 spiro atoms. The van der Waals surface area contributed by atoms with Crippen molar-refractivity contribution >= 4 is 44.7 Å². The number of pyridine rings is 2. The maximum absolute atomic E-state index is 11.3. The van der Waals surface area contributed by atoms with Crippen LogP contribution in [0.5, 0.6) is 0 Å². The second kappa shape index (κ2) is 12.3. The number of rotatable bonds is 0. The number of amides is 2. The molecule has 0 bridgehead atoms. The zero-order valence-corrected chi connectivity index (χ0v) is 23.8. The molecule has 42 heavy (non-hydrogen) atoms. The van der Waals surface area contributed by atoms with E-state index in [0.29, 0.717) is 11.1 Å². The summed E-state index contributed by atoms with van der Waals surface area (Å²) >= 11 is 0. The molecule has 0 N–H and O–H groups in total. The van der Waals surface area contributed by atoms with Gasteiger partial charge in [-0.1, -0.05) is 30.3 Å². The minimum Gasteiger partial charge on any atom is -0.351 e. The average Bonchev–Trinajstić information content (AvgIpc) is 3.78. The summed E-state index contributed by atoms with van der Waals surface area (Å²) in [4.78, 5) is 35.9. The van der Waals surface area contributed by atoms with Crippen molar-refractivity contribution in [3.05, 3.63) is 121 Å². The lowest BCUT2D eigenvalue weighted by Gasteiger charge is -2.02. The third-order valence-electron chi connectivity index (χ3n) is 6.87. The van der Waals surface area contributed by atoms with Gasteiger partial charge in [0.15, 0.2) is 0 Å². The van der Waals surface area contributed by atoms with Gasteiger partial charge in [-0.3, -0.25) is 29.1 Å². The first-order valence-electron chi connectivity index (χ1n) is 13.2. The van der Waals surface area contributed by atoms with Gasteiger partial charge in [0.25, 0.3) is 11.8 Å². The fraction of sp³-hybridized carbons (Fsp3) is 0.125. The standard InChI is InChI=1S/C9H7NO2.C9H9N.2C7H7N3/c1-10-8(11)6-4-2-3-5-7(6)9(10)12;1-10-7-6-8-4-2-3-5-9(8)10;1-10-5-9-6-2-3-8-4-7(6)10;1-10-7-5-8-3-2-6(7)4-9-10/h2-5H,1H3;2-7H,1H3;2*2-5H,1H3. The predicted octanol–water partition coefficient (Wildman–Crippen LogP) is 5.03. The van der Waals surface area contributed by atoms with E-state index < -0.39 is 0 Å². The van der Waals surface area contributed by atoms with E-state index in [1.54, 1.807) is 43.0 Å². The van der Waals surface area contributed by atoms with Crippen LogP contribution in [-0.4, -0.2) is 57.6 Å². The summed E-state index contributed by atoms with van der Waals surface area (Å²) in [6.45, 7) is 0. The summed E-state index contributed by atoms with van der Waals surface area (Å²) in [7, 11) is 7.41. The van der Waals surface area contributed by atoms with Crippen LogP contribution in [0.1, 0.15) is 20.7 Å². The number of aryl methyl sites for hydroxylation is 3. The average molecular weight is 559 g/mol. The van der Waals surface area contributed by atoms with Crippen molar-refractivity contribution in [2.75, 3.05) is 7.05 Å². The van der Waals surface area contributed by atoms with E-state index in [0.717, 1.165) is 26.8 Å². The van der Waals surface area contributed by atoms with Gasteiger partial charge in [-0.15, -0.1) is 0 Å². The molecular formula is C32H30N8O2. The SMILES string of the molecule is CN1C(=O)c2ccccc2C1=O.Cn1ccc2ccccc21.Cn1cnc2ccncc21.Cn1ncc2ccncc21. The van der Waals surface area contributed by atoms with E-state index in [9.17, 15) is 9.59 Å². The molecule has 6 heterocycles. The fourth-order valence-corrected chi connectivity index (χ4v) is 4.49. The van der Waals surface area contributed by atoms with Crippen LogP contribution in [0.15, 0.2) is 110 Å². The van der Waals surface area contributed by atoms with Crippen LogP contribution in [0, 0.1) is 0 Å². The molecule has 2 amide bonds.